The summed E-state index contributed by atoms with van der Waals surface area (Å²) in [6, 6.07) is 8.60. The van der Waals surface area contributed by atoms with Gasteiger partial charge in [0.2, 0.25) is 0 Å². The molecule has 1 unspecified atom stereocenters. The summed E-state index contributed by atoms with van der Waals surface area (Å²) in [5.41, 5.74) is 0.855. The zero-order valence-electron chi connectivity index (χ0n) is 10.1. The summed E-state index contributed by atoms with van der Waals surface area (Å²) >= 11 is 11.8. The highest BCUT2D eigenvalue weighted by molar-refractivity contribution is 6.36. The molecule has 0 aromatic heterocycles. The number of benzene rings is 2. The zero-order chi connectivity index (χ0) is 14.0. The molecule has 5 heteroatoms. The molecule has 2 aromatic carbocycles. The van der Waals surface area contributed by atoms with Gasteiger partial charge in [0.25, 0.3) is 0 Å². The minimum Gasteiger partial charge on any atom is -0.377 e. The normalized spacial score (nSPS) is 12.3. The van der Waals surface area contributed by atoms with Gasteiger partial charge in [0.15, 0.2) is 11.6 Å². The molecule has 0 heterocycles. The van der Waals surface area contributed by atoms with Gasteiger partial charge in [0.05, 0.1) is 16.8 Å². The molecule has 0 aliphatic rings. The molecule has 0 amide bonds. The highest BCUT2D eigenvalue weighted by Gasteiger charge is 2.15. The Kier molecular flexibility index (Phi) is 4.27. The molecule has 0 saturated carbocycles. The molecule has 0 fully saturated rings. The van der Waals surface area contributed by atoms with E-state index in [0.29, 0.717) is 15.7 Å². The Morgan fingerprint density at radius 1 is 1.11 bits per heavy atom. The van der Waals surface area contributed by atoms with E-state index < -0.39 is 17.7 Å². The summed E-state index contributed by atoms with van der Waals surface area (Å²) in [6.07, 6.45) is 0. The first kappa shape index (κ1) is 14.1. The van der Waals surface area contributed by atoms with Gasteiger partial charge in [0.1, 0.15) is 0 Å². The van der Waals surface area contributed by atoms with E-state index in [1.807, 2.05) is 0 Å². The molecule has 0 bridgehead atoms. The van der Waals surface area contributed by atoms with Crippen molar-refractivity contribution in [2.75, 3.05) is 5.32 Å². The number of hydrogen-bond donors (Lipinski definition) is 1. The number of anilines is 1. The first-order chi connectivity index (χ1) is 8.99. The maximum atomic E-state index is 13.7. The van der Waals surface area contributed by atoms with E-state index in [-0.39, 0.29) is 5.56 Å². The first-order valence-electron chi connectivity index (χ1n) is 5.64. The Balaban J connectivity index is 2.25. The summed E-state index contributed by atoms with van der Waals surface area (Å²) in [4.78, 5) is 0. The molecule has 2 aromatic rings. The lowest BCUT2D eigenvalue weighted by Gasteiger charge is -2.17. The Morgan fingerprint density at radius 2 is 1.84 bits per heavy atom. The van der Waals surface area contributed by atoms with Crippen LogP contribution in [0.2, 0.25) is 10.0 Å². The monoisotopic (exact) mass is 301 g/mol. The largest absolute Gasteiger partial charge is 0.377 e. The maximum Gasteiger partial charge on any atom is 0.164 e. The van der Waals surface area contributed by atoms with Gasteiger partial charge < -0.3 is 5.32 Å². The second kappa shape index (κ2) is 5.76. The third-order valence-electron chi connectivity index (χ3n) is 2.75. The van der Waals surface area contributed by atoms with Crippen molar-refractivity contribution in [3.8, 4) is 0 Å². The van der Waals surface area contributed by atoms with Crippen LogP contribution in [0, 0.1) is 11.6 Å². The molecule has 0 radical (unpaired) electrons. The van der Waals surface area contributed by atoms with Crippen LogP contribution >= 0.6 is 23.2 Å². The smallest absolute Gasteiger partial charge is 0.164 e. The molecule has 0 saturated heterocycles. The van der Waals surface area contributed by atoms with E-state index in [4.69, 9.17) is 23.2 Å². The zero-order valence-corrected chi connectivity index (χ0v) is 11.6. The van der Waals surface area contributed by atoms with Gasteiger partial charge in [-0.05, 0) is 31.2 Å². The lowest BCUT2D eigenvalue weighted by Crippen LogP contribution is -2.09. The topological polar surface area (TPSA) is 12.0 Å². The number of rotatable bonds is 3. The predicted octanol–water partition coefficient (Wildman–Crippen LogP) is 5.44. The van der Waals surface area contributed by atoms with Crippen LogP contribution in [0.15, 0.2) is 36.4 Å². The minimum absolute atomic E-state index is 0.242. The van der Waals surface area contributed by atoms with Crippen LogP contribution in [0.3, 0.4) is 0 Å². The van der Waals surface area contributed by atoms with E-state index in [0.717, 1.165) is 6.07 Å². The SMILES string of the molecule is CC(Nc1ccc(Cl)cc1Cl)c1cccc(F)c1F. The third kappa shape index (κ3) is 3.17. The summed E-state index contributed by atoms with van der Waals surface area (Å²) in [6.45, 7) is 1.72. The Morgan fingerprint density at radius 3 is 2.53 bits per heavy atom. The van der Waals surface area contributed by atoms with Crippen molar-refractivity contribution in [1.82, 2.24) is 0 Å². The first-order valence-corrected chi connectivity index (χ1v) is 6.40. The van der Waals surface area contributed by atoms with Crippen molar-refractivity contribution in [3.05, 3.63) is 63.6 Å². The van der Waals surface area contributed by atoms with E-state index >= 15 is 0 Å². The van der Waals surface area contributed by atoms with Crippen LogP contribution in [-0.2, 0) is 0 Å². The maximum absolute atomic E-state index is 13.7. The molecule has 1 atom stereocenters. The molecule has 1 nitrogen and oxygen atoms in total. The summed E-state index contributed by atoms with van der Waals surface area (Å²) in [7, 11) is 0. The van der Waals surface area contributed by atoms with Crippen molar-refractivity contribution in [3.63, 3.8) is 0 Å². The number of nitrogens with one attached hydrogen (secondary N) is 1. The average molecular weight is 302 g/mol. The summed E-state index contributed by atoms with van der Waals surface area (Å²) in [5, 5.41) is 3.97. The van der Waals surface area contributed by atoms with Crippen LogP contribution in [0.1, 0.15) is 18.5 Å². The second-order valence-electron chi connectivity index (χ2n) is 4.13. The molecule has 0 aliphatic carbocycles. The fourth-order valence-electron chi connectivity index (χ4n) is 1.77. The fourth-order valence-corrected chi connectivity index (χ4v) is 2.24. The Labute approximate surface area is 120 Å². The van der Waals surface area contributed by atoms with Crippen molar-refractivity contribution in [2.24, 2.45) is 0 Å². The highest BCUT2D eigenvalue weighted by atomic mass is 35.5. The van der Waals surface area contributed by atoms with Crippen molar-refractivity contribution in [2.45, 2.75) is 13.0 Å². The molecular weight excluding hydrogens is 291 g/mol. The number of halogens is 4. The van der Waals surface area contributed by atoms with Crippen LogP contribution in [0.4, 0.5) is 14.5 Å². The lowest BCUT2D eigenvalue weighted by molar-refractivity contribution is 0.494. The van der Waals surface area contributed by atoms with Gasteiger partial charge in [-0.15, -0.1) is 0 Å². The highest BCUT2D eigenvalue weighted by Crippen LogP contribution is 2.29. The molecule has 0 aliphatic heterocycles. The van der Waals surface area contributed by atoms with E-state index in [1.165, 1.54) is 12.1 Å². The van der Waals surface area contributed by atoms with Crippen molar-refractivity contribution in [1.29, 1.82) is 0 Å². The van der Waals surface area contributed by atoms with Crippen LogP contribution in [0.25, 0.3) is 0 Å². The van der Waals surface area contributed by atoms with Crippen LogP contribution < -0.4 is 5.32 Å². The van der Waals surface area contributed by atoms with Crippen LogP contribution in [0.5, 0.6) is 0 Å². The van der Waals surface area contributed by atoms with E-state index in [1.54, 1.807) is 25.1 Å². The average Bonchev–Trinajstić information content (AvgIpc) is 2.36. The van der Waals surface area contributed by atoms with Gasteiger partial charge in [-0.2, -0.15) is 0 Å². The Bertz CT molecular complexity index is 602. The summed E-state index contributed by atoms with van der Waals surface area (Å²) in [5.74, 6) is -1.72. The molecule has 2 rings (SSSR count). The number of hydrogen-bond acceptors (Lipinski definition) is 1. The van der Waals surface area contributed by atoms with Gasteiger partial charge in [-0.25, -0.2) is 8.78 Å². The minimum atomic E-state index is -0.867. The van der Waals surface area contributed by atoms with E-state index in [9.17, 15) is 8.78 Å². The van der Waals surface area contributed by atoms with Gasteiger partial charge >= 0.3 is 0 Å². The fraction of sp³-hybridized carbons (Fsp3) is 0.143. The molecule has 0 spiro atoms. The van der Waals surface area contributed by atoms with Crippen molar-refractivity contribution < 1.29 is 8.78 Å². The second-order valence-corrected chi connectivity index (χ2v) is 4.98. The predicted molar refractivity (Wildman–Crippen MR) is 74.9 cm³/mol. The van der Waals surface area contributed by atoms with Gasteiger partial charge in [-0.3, -0.25) is 0 Å². The van der Waals surface area contributed by atoms with Gasteiger partial charge in [-0.1, -0.05) is 35.3 Å². The van der Waals surface area contributed by atoms with E-state index in [2.05, 4.69) is 5.32 Å². The summed E-state index contributed by atoms with van der Waals surface area (Å²) < 4.78 is 26.8. The molecule has 1 N–H and O–H groups in total. The molecule has 19 heavy (non-hydrogen) atoms. The lowest BCUT2D eigenvalue weighted by atomic mass is 10.1. The molecule has 100 valence electrons. The van der Waals surface area contributed by atoms with Crippen LogP contribution in [-0.4, -0.2) is 0 Å². The van der Waals surface area contributed by atoms with Crippen molar-refractivity contribution >= 4 is 28.9 Å². The standard InChI is InChI=1S/C14H11Cl2F2N/c1-8(10-3-2-4-12(17)14(10)18)19-13-6-5-9(15)7-11(13)16/h2-8,19H,1H3. The quantitative estimate of drug-likeness (QED) is 0.795. The molecular formula is C14H11Cl2F2N. The third-order valence-corrected chi connectivity index (χ3v) is 3.30. The Hall–Kier alpha value is -1.32. The van der Waals surface area contributed by atoms with Gasteiger partial charge in [0, 0.05) is 10.6 Å².